The molecule has 0 saturated heterocycles. The first kappa shape index (κ1) is 45.1. The highest BCUT2D eigenvalue weighted by Crippen LogP contribution is 2.42. The second-order valence-corrected chi connectivity index (χ2v) is 15.3. The first-order chi connectivity index (χ1) is 26.7. The average Bonchev–Trinajstić information content (AvgIpc) is 3.20. The lowest BCUT2D eigenvalue weighted by Gasteiger charge is -2.18. The van der Waals surface area contributed by atoms with E-state index in [1.807, 2.05) is 0 Å². The zero-order valence-corrected chi connectivity index (χ0v) is 34.3. The van der Waals surface area contributed by atoms with Gasteiger partial charge in [0.15, 0.2) is 0 Å². The van der Waals surface area contributed by atoms with Crippen LogP contribution in [0.2, 0.25) is 0 Å². The Kier molecular flexibility index (Phi) is 25.1. The highest BCUT2D eigenvalue weighted by Gasteiger charge is 2.16. The fraction of sp³-hybridized carbons (Fsp3) is 0.667. The van der Waals surface area contributed by atoms with Crippen LogP contribution in [0.4, 0.5) is 0 Å². The van der Waals surface area contributed by atoms with E-state index in [-0.39, 0.29) is 11.9 Å². The number of ether oxygens (including phenoxy) is 4. The van der Waals surface area contributed by atoms with Crippen LogP contribution in [0.3, 0.4) is 0 Å². The number of carbonyl (C=O) groups excluding carboxylic acids is 2. The maximum atomic E-state index is 11.2. The number of unbranched alkanes of at least 4 members (excludes halogenated alkanes) is 24. The second-order valence-electron chi connectivity index (χ2n) is 15.3. The third kappa shape index (κ3) is 18.8. The summed E-state index contributed by atoms with van der Waals surface area (Å²) in [7, 11) is 2.93. The van der Waals surface area contributed by atoms with Crippen molar-refractivity contribution in [3.05, 3.63) is 48.5 Å². The van der Waals surface area contributed by atoms with Crippen molar-refractivity contribution in [1.82, 2.24) is 0 Å². The van der Waals surface area contributed by atoms with Gasteiger partial charge in [0.2, 0.25) is 0 Å². The molecule has 0 spiro atoms. The molecule has 0 heterocycles. The molecule has 0 aliphatic heterocycles. The SMILES string of the molecule is COC(=O)CCCCCCCCCCCCCCCOc1c2ccccc2c(OCCCCCCCCCCCCCCCC(=O)OC)c2ccccc12. The quantitative estimate of drug-likeness (QED) is 0.0344. The summed E-state index contributed by atoms with van der Waals surface area (Å²) in [6, 6.07) is 17.2. The predicted molar refractivity (Wildman–Crippen MR) is 226 cm³/mol. The van der Waals surface area contributed by atoms with E-state index in [1.54, 1.807) is 0 Å². The van der Waals surface area contributed by atoms with Gasteiger partial charge in [-0.1, -0.05) is 190 Å². The molecule has 0 bridgehead atoms. The van der Waals surface area contributed by atoms with Crippen molar-refractivity contribution in [1.29, 1.82) is 0 Å². The fourth-order valence-corrected chi connectivity index (χ4v) is 7.54. The number of benzene rings is 3. The number of hydrogen-bond donors (Lipinski definition) is 0. The summed E-state index contributed by atoms with van der Waals surface area (Å²) in [5.41, 5.74) is 0. The van der Waals surface area contributed by atoms with Crippen LogP contribution < -0.4 is 9.47 Å². The van der Waals surface area contributed by atoms with Crippen LogP contribution in [-0.4, -0.2) is 39.4 Å². The van der Waals surface area contributed by atoms with Gasteiger partial charge in [0, 0.05) is 34.4 Å². The third-order valence-electron chi connectivity index (χ3n) is 10.8. The highest BCUT2D eigenvalue weighted by molar-refractivity contribution is 6.11. The van der Waals surface area contributed by atoms with Gasteiger partial charge in [-0.05, 0) is 25.7 Å². The summed E-state index contributed by atoms with van der Waals surface area (Å²) in [6.07, 6.45) is 33.5. The topological polar surface area (TPSA) is 71.1 Å². The first-order valence-corrected chi connectivity index (χ1v) is 22.0. The van der Waals surface area contributed by atoms with E-state index >= 15 is 0 Å². The molecular formula is C48H74O6. The molecular weight excluding hydrogens is 673 g/mol. The van der Waals surface area contributed by atoms with Crippen LogP contribution in [-0.2, 0) is 19.1 Å². The standard InChI is InChI=1S/C48H74O6/c1-51-45(49)37-25-21-17-13-9-5-3-7-11-15-19-23-31-39-53-47-41-33-27-29-35-43(41)48(44-36-30-28-34-42(44)47)54-40-32-24-20-16-12-8-4-6-10-14-18-22-26-38-46(50)52-2/h27-30,33-36H,3-26,31-32,37-40H2,1-2H3. The Morgan fingerprint density at radius 2 is 0.574 bits per heavy atom. The molecule has 0 aliphatic rings. The van der Waals surface area contributed by atoms with Crippen molar-refractivity contribution in [2.45, 2.75) is 180 Å². The number of carbonyl (C=O) groups is 2. The molecule has 302 valence electrons. The number of rotatable bonds is 34. The van der Waals surface area contributed by atoms with E-state index in [1.165, 1.54) is 143 Å². The van der Waals surface area contributed by atoms with Gasteiger partial charge in [0.25, 0.3) is 0 Å². The molecule has 6 nitrogen and oxygen atoms in total. The molecule has 0 saturated carbocycles. The minimum absolute atomic E-state index is 0.0828. The maximum absolute atomic E-state index is 11.2. The van der Waals surface area contributed by atoms with Gasteiger partial charge in [-0.3, -0.25) is 9.59 Å². The second kappa shape index (κ2) is 30.0. The average molecular weight is 747 g/mol. The molecule has 0 aromatic heterocycles. The Labute approximate surface area is 328 Å². The molecule has 3 aromatic carbocycles. The Morgan fingerprint density at radius 1 is 0.352 bits per heavy atom. The van der Waals surface area contributed by atoms with Crippen molar-refractivity contribution in [2.75, 3.05) is 27.4 Å². The maximum Gasteiger partial charge on any atom is 0.305 e. The lowest BCUT2D eigenvalue weighted by atomic mass is 10.0. The Hall–Kier alpha value is -3.28. The molecule has 0 N–H and O–H groups in total. The Balaban J connectivity index is 1.26. The van der Waals surface area contributed by atoms with Crippen molar-refractivity contribution < 1.29 is 28.5 Å². The van der Waals surface area contributed by atoms with Crippen LogP contribution in [0, 0.1) is 0 Å². The molecule has 0 radical (unpaired) electrons. The molecule has 3 rings (SSSR count). The third-order valence-corrected chi connectivity index (χ3v) is 10.8. The van der Waals surface area contributed by atoms with Crippen molar-refractivity contribution in [2.24, 2.45) is 0 Å². The van der Waals surface area contributed by atoms with E-state index in [9.17, 15) is 9.59 Å². The summed E-state index contributed by atoms with van der Waals surface area (Å²) in [4.78, 5) is 22.3. The van der Waals surface area contributed by atoms with Crippen LogP contribution in [0.5, 0.6) is 11.5 Å². The Bertz CT molecular complexity index is 1250. The van der Waals surface area contributed by atoms with Gasteiger partial charge in [-0.2, -0.15) is 0 Å². The van der Waals surface area contributed by atoms with Gasteiger partial charge in [-0.15, -0.1) is 0 Å². The van der Waals surface area contributed by atoms with Crippen molar-refractivity contribution in [3.63, 3.8) is 0 Å². The van der Waals surface area contributed by atoms with E-state index in [2.05, 4.69) is 48.5 Å². The number of esters is 2. The summed E-state index contributed by atoms with van der Waals surface area (Å²) < 4.78 is 22.5. The van der Waals surface area contributed by atoms with Crippen LogP contribution >= 0.6 is 0 Å². The van der Waals surface area contributed by atoms with Gasteiger partial charge in [0.05, 0.1) is 27.4 Å². The van der Waals surface area contributed by atoms with Crippen LogP contribution in [0.1, 0.15) is 180 Å². The van der Waals surface area contributed by atoms with E-state index in [4.69, 9.17) is 18.9 Å². The molecule has 3 aromatic rings. The summed E-state index contributed by atoms with van der Waals surface area (Å²) >= 11 is 0. The summed E-state index contributed by atoms with van der Waals surface area (Å²) in [5.74, 6) is 1.82. The van der Waals surface area contributed by atoms with Gasteiger partial charge >= 0.3 is 11.9 Å². The summed E-state index contributed by atoms with van der Waals surface area (Å²) in [6.45, 7) is 1.49. The molecule has 54 heavy (non-hydrogen) atoms. The van der Waals surface area contributed by atoms with E-state index < -0.39 is 0 Å². The monoisotopic (exact) mass is 747 g/mol. The molecule has 0 aliphatic carbocycles. The zero-order chi connectivity index (χ0) is 38.3. The lowest BCUT2D eigenvalue weighted by Crippen LogP contribution is -2.02. The Morgan fingerprint density at radius 3 is 0.815 bits per heavy atom. The minimum atomic E-state index is -0.0828. The van der Waals surface area contributed by atoms with Crippen LogP contribution in [0.15, 0.2) is 48.5 Å². The van der Waals surface area contributed by atoms with Gasteiger partial charge < -0.3 is 18.9 Å². The molecule has 6 heteroatoms. The van der Waals surface area contributed by atoms with E-state index in [0.29, 0.717) is 12.8 Å². The molecule has 0 fully saturated rings. The zero-order valence-electron chi connectivity index (χ0n) is 34.3. The highest BCUT2D eigenvalue weighted by atomic mass is 16.5. The fourth-order valence-electron chi connectivity index (χ4n) is 7.54. The molecule has 0 unspecified atom stereocenters. The summed E-state index contributed by atoms with van der Waals surface area (Å²) in [5, 5.41) is 4.58. The normalized spacial score (nSPS) is 11.3. The van der Waals surface area contributed by atoms with Gasteiger partial charge in [0.1, 0.15) is 11.5 Å². The minimum Gasteiger partial charge on any atom is -0.492 e. The van der Waals surface area contributed by atoms with Crippen molar-refractivity contribution in [3.8, 4) is 11.5 Å². The predicted octanol–water partition coefficient (Wildman–Crippen LogP) is 14.0. The molecule has 0 atom stereocenters. The first-order valence-electron chi connectivity index (χ1n) is 22.0. The largest absolute Gasteiger partial charge is 0.492 e. The van der Waals surface area contributed by atoms with Crippen molar-refractivity contribution >= 4 is 33.5 Å². The number of fused-ring (bicyclic) bond motifs is 2. The van der Waals surface area contributed by atoms with Crippen LogP contribution in [0.25, 0.3) is 21.5 Å². The molecule has 0 amide bonds. The number of methoxy groups -OCH3 is 2. The number of hydrogen-bond acceptors (Lipinski definition) is 6. The lowest BCUT2D eigenvalue weighted by molar-refractivity contribution is -0.141. The smallest absolute Gasteiger partial charge is 0.305 e. The van der Waals surface area contributed by atoms with Gasteiger partial charge in [-0.25, -0.2) is 0 Å². The van der Waals surface area contributed by atoms with E-state index in [0.717, 1.165) is 84.8 Å².